The molecule has 0 bridgehead atoms. The molecule has 1 aromatic carbocycles. The number of anilines is 2. The summed E-state index contributed by atoms with van der Waals surface area (Å²) in [5.74, 6) is -1.67. The van der Waals surface area contributed by atoms with E-state index >= 15 is 4.39 Å². The average Bonchev–Trinajstić information content (AvgIpc) is 2.93. The molecule has 0 saturated heterocycles. The van der Waals surface area contributed by atoms with Crippen LogP contribution in [0.4, 0.5) is 33.5 Å². The molecule has 0 aliphatic carbocycles. The number of H-pyrrole nitrogens is 1. The maximum Gasteiger partial charge on any atom is 0.387 e. The molecule has 0 radical (unpaired) electrons. The number of pyridine rings is 1. The molecule has 16 heteroatoms. The first-order chi connectivity index (χ1) is 20.0. The number of hydrogen-bond donors (Lipinski definition) is 3. The number of aryl methyl sites for hydroxylation is 1. The highest BCUT2D eigenvalue weighted by molar-refractivity contribution is 5.88. The maximum absolute atomic E-state index is 15.5. The molecule has 4 aromatic rings. The summed E-state index contributed by atoms with van der Waals surface area (Å²) >= 11 is 0. The van der Waals surface area contributed by atoms with E-state index < -0.39 is 42.0 Å². The van der Waals surface area contributed by atoms with Crippen molar-refractivity contribution in [2.45, 2.75) is 52.5 Å². The van der Waals surface area contributed by atoms with E-state index in [-0.39, 0.29) is 53.1 Å². The van der Waals surface area contributed by atoms with Crippen molar-refractivity contribution in [1.29, 1.82) is 0 Å². The summed E-state index contributed by atoms with van der Waals surface area (Å²) in [5.41, 5.74) is 5.52. The Kier molecular flexibility index (Phi) is 9.35. The Morgan fingerprint density at radius 3 is 2.57 bits per heavy atom. The van der Waals surface area contributed by atoms with E-state index in [9.17, 15) is 27.2 Å². The molecule has 42 heavy (non-hydrogen) atoms. The third-order valence-corrected chi connectivity index (χ3v) is 6.53. The highest BCUT2D eigenvalue weighted by Gasteiger charge is 2.20. The Hall–Kier alpha value is -4.60. The number of fused-ring (bicyclic) bond motifs is 1. The zero-order valence-corrected chi connectivity index (χ0v) is 22.3. The van der Waals surface area contributed by atoms with Crippen molar-refractivity contribution in [1.82, 2.24) is 24.7 Å². The van der Waals surface area contributed by atoms with E-state index in [0.717, 1.165) is 6.20 Å². The largest absolute Gasteiger partial charge is 0.429 e. The third kappa shape index (κ3) is 6.82. The molecule has 11 nitrogen and oxygen atoms in total. The molecule has 1 atom stereocenters. The smallest absolute Gasteiger partial charge is 0.387 e. The van der Waals surface area contributed by atoms with Gasteiger partial charge in [-0.25, -0.2) is 19.5 Å². The summed E-state index contributed by atoms with van der Waals surface area (Å²) in [6.07, 6.45) is 4.33. The number of ether oxygens (including phenoxy) is 2. The number of alkyl halides is 4. The third-order valence-electron chi connectivity index (χ3n) is 6.53. The number of aromatic nitrogens is 5. The minimum absolute atomic E-state index is 0.0366. The summed E-state index contributed by atoms with van der Waals surface area (Å²) in [4.78, 5) is 32.9. The van der Waals surface area contributed by atoms with Gasteiger partial charge in [-0.2, -0.15) is 22.7 Å². The number of nitrogens with one attached hydrogen (secondary N) is 2. The Labute approximate surface area is 234 Å². The summed E-state index contributed by atoms with van der Waals surface area (Å²) in [5, 5.41) is 9.00. The molecule has 0 spiro atoms. The van der Waals surface area contributed by atoms with Gasteiger partial charge in [-0.1, -0.05) is 0 Å². The first-order valence-corrected chi connectivity index (χ1v) is 12.6. The topological polar surface area (TPSA) is 150 Å². The van der Waals surface area contributed by atoms with Crippen LogP contribution in [-0.2, 0) is 11.3 Å². The van der Waals surface area contributed by atoms with Gasteiger partial charge in [-0.3, -0.25) is 9.59 Å². The van der Waals surface area contributed by atoms with E-state index in [1.165, 1.54) is 36.0 Å². The van der Waals surface area contributed by atoms with Crippen molar-refractivity contribution >= 4 is 22.3 Å². The van der Waals surface area contributed by atoms with E-state index in [2.05, 4.69) is 35.0 Å². The average molecular weight is 596 g/mol. The lowest BCUT2D eigenvalue weighted by molar-refractivity contribution is -0.131. The van der Waals surface area contributed by atoms with Crippen LogP contribution >= 0.6 is 0 Å². The molecular formula is C26H26F5N7O4. The highest BCUT2D eigenvalue weighted by Crippen LogP contribution is 2.30. The van der Waals surface area contributed by atoms with Crippen molar-refractivity contribution in [2.24, 2.45) is 0 Å². The molecule has 0 amide bonds. The molecule has 0 unspecified atom stereocenters. The van der Waals surface area contributed by atoms with Crippen LogP contribution < -0.4 is 26.9 Å². The Balaban J connectivity index is 1.55. The molecule has 3 heterocycles. The lowest BCUT2D eigenvalue weighted by atomic mass is 10.0. The van der Waals surface area contributed by atoms with E-state index in [4.69, 9.17) is 5.73 Å². The first kappa shape index (κ1) is 30.4. The predicted octanol–water partition coefficient (Wildman–Crippen LogP) is 3.98. The molecular weight excluding hydrogens is 569 g/mol. The van der Waals surface area contributed by atoms with E-state index in [1.54, 1.807) is 6.92 Å². The number of halogens is 5. The summed E-state index contributed by atoms with van der Waals surface area (Å²) in [6.45, 7) is -3.43. The van der Waals surface area contributed by atoms with E-state index in [1.807, 2.05) is 0 Å². The predicted molar refractivity (Wildman–Crippen MR) is 143 cm³/mol. The lowest BCUT2D eigenvalue weighted by Gasteiger charge is -2.21. The quantitative estimate of drug-likeness (QED) is 0.207. The van der Waals surface area contributed by atoms with Crippen LogP contribution in [-0.4, -0.2) is 50.6 Å². The monoisotopic (exact) mass is 595 g/mol. The van der Waals surface area contributed by atoms with Crippen molar-refractivity contribution in [3.63, 3.8) is 0 Å². The van der Waals surface area contributed by atoms with Gasteiger partial charge < -0.3 is 25.1 Å². The molecule has 0 fully saturated rings. The second kappa shape index (κ2) is 12.9. The first-order valence-electron chi connectivity index (χ1n) is 12.6. The van der Waals surface area contributed by atoms with Gasteiger partial charge in [0.25, 0.3) is 11.1 Å². The maximum atomic E-state index is 15.5. The van der Waals surface area contributed by atoms with Crippen molar-refractivity contribution in [3.05, 3.63) is 68.4 Å². The zero-order chi connectivity index (χ0) is 30.6. The number of nitrogen functional groups attached to an aromatic ring is 1. The Morgan fingerprint density at radius 2 is 1.88 bits per heavy atom. The Bertz CT molecular complexity index is 1700. The molecule has 0 aliphatic heterocycles. The Morgan fingerprint density at radius 1 is 1.12 bits per heavy atom. The van der Waals surface area contributed by atoms with Crippen molar-refractivity contribution in [3.8, 4) is 17.1 Å². The number of rotatable bonds is 12. The molecule has 3 aromatic heterocycles. The fraction of sp³-hybridized carbons (Fsp3) is 0.346. The molecule has 4 rings (SSSR count). The van der Waals surface area contributed by atoms with E-state index in [0.29, 0.717) is 17.7 Å². The van der Waals surface area contributed by atoms with Crippen LogP contribution in [0.15, 0.2) is 40.3 Å². The van der Waals surface area contributed by atoms with Gasteiger partial charge >= 0.3 is 13.2 Å². The minimum Gasteiger partial charge on any atom is -0.429 e. The number of nitrogens with zero attached hydrogens (tertiary/aromatic N) is 4. The zero-order valence-electron chi connectivity index (χ0n) is 22.3. The highest BCUT2D eigenvalue weighted by atomic mass is 19.3. The van der Waals surface area contributed by atoms with Crippen LogP contribution in [0.1, 0.15) is 24.0 Å². The van der Waals surface area contributed by atoms with Crippen molar-refractivity contribution in [2.75, 3.05) is 17.7 Å². The number of benzene rings is 1. The SMILES string of the molecule is Cc1c(-c2ncc(OC(F)F)c(N)n2)cc2ccn(CCC[C@H](COC(F)F)Nc3cn[nH]c(=O)c3C)c(=O)c2c1F. The molecule has 0 aliphatic rings. The molecule has 224 valence electrons. The standard InChI is InChI=1S/C26H26F5N7O4/c1-12-16(22-33-10-18(21(32)36-22)42-26(30)31)8-14-5-7-38(24(40)19(14)20(12)27)6-3-4-15(11-41-25(28)29)35-17-9-34-37-23(39)13(17)2/h5,7-10,15,25-26H,3-4,6,11H2,1-2H3,(H2,32,33,36)(H2,35,37,39)/t15-/m1/s1. The second-order valence-electron chi connectivity index (χ2n) is 9.28. The van der Waals surface area contributed by atoms with Gasteiger partial charge in [0.1, 0.15) is 5.82 Å². The van der Waals surface area contributed by atoms with Crippen LogP contribution in [0.3, 0.4) is 0 Å². The van der Waals surface area contributed by atoms with Crippen LogP contribution in [0.2, 0.25) is 0 Å². The number of nitrogens with two attached hydrogens (primary N) is 1. The number of hydrogen-bond acceptors (Lipinski definition) is 9. The lowest BCUT2D eigenvalue weighted by Crippen LogP contribution is -2.29. The van der Waals surface area contributed by atoms with Gasteiger partial charge in [-0.15, -0.1) is 0 Å². The minimum atomic E-state index is -3.13. The second-order valence-corrected chi connectivity index (χ2v) is 9.28. The van der Waals surface area contributed by atoms with Crippen LogP contribution in [0, 0.1) is 19.7 Å². The fourth-order valence-electron chi connectivity index (χ4n) is 4.33. The van der Waals surface area contributed by atoms with Crippen LogP contribution in [0.25, 0.3) is 22.2 Å². The fourth-order valence-corrected chi connectivity index (χ4v) is 4.33. The van der Waals surface area contributed by atoms with Gasteiger partial charge in [0.2, 0.25) is 0 Å². The van der Waals surface area contributed by atoms with Gasteiger partial charge in [-0.05, 0) is 49.8 Å². The van der Waals surface area contributed by atoms with Gasteiger partial charge in [0.15, 0.2) is 17.4 Å². The normalized spacial score (nSPS) is 12.3. The summed E-state index contributed by atoms with van der Waals surface area (Å²) in [6, 6.07) is 2.35. The summed E-state index contributed by atoms with van der Waals surface area (Å²) in [7, 11) is 0. The van der Waals surface area contributed by atoms with Crippen LogP contribution in [0.5, 0.6) is 5.75 Å². The van der Waals surface area contributed by atoms with Crippen molar-refractivity contribution < 1.29 is 31.4 Å². The van der Waals surface area contributed by atoms with Gasteiger partial charge in [0.05, 0.1) is 30.1 Å². The number of aromatic amines is 1. The molecule has 0 saturated carbocycles. The van der Waals surface area contributed by atoms with Gasteiger partial charge in [0, 0.05) is 29.9 Å². The summed E-state index contributed by atoms with van der Waals surface area (Å²) < 4.78 is 76.0. The molecule has 4 N–H and O–H groups in total.